The van der Waals surface area contributed by atoms with Gasteiger partial charge in [-0.3, -0.25) is 10.1 Å². The number of hydrogen-bond donors (Lipinski definition) is 2. The van der Waals surface area contributed by atoms with Crippen LogP contribution in [0.25, 0.3) is 0 Å². The topological polar surface area (TPSA) is 49.3 Å². The Bertz CT molecular complexity index is 384. The first kappa shape index (κ1) is 14.8. The molecule has 0 heterocycles. The minimum Gasteiger partial charge on any atom is -0.480 e. The number of aliphatic carboxylic acids is 1. The van der Waals surface area contributed by atoms with Crippen molar-refractivity contribution in [2.24, 2.45) is 0 Å². The number of hydrogen-bond acceptors (Lipinski definition) is 3. The van der Waals surface area contributed by atoms with Crippen LogP contribution in [0.2, 0.25) is 0 Å². The van der Waals surface area contributed by atoms with E-state index in [4.69, 9.17) is 5.11 Å². The summed E-state index contributed by atoms with van der Waals surface area (Å²) in [4.78, 5) is 11.0. The van der Waals surface area contributed by atoms with Crippen molar-refractivity contribution in [2.45, 2.75) is 11.6 Å². The van der Waals surface area contributed by atoms with Crippen LogP contribution in [0.3, 0.4) is 0 Å². The molecule has 1 rings (SSSR count). The summed E-state index contributed by atoms with van der Waals surface area (Å²) in [5.74, 6) is -1.33. The van der Waals surface area contributed by atoms with Gasteiger partial charge >= 0.3 is 11.5 Å². The predicted molar refractivity (Wildman–Crippen MR) is 63.3 cm³/mol. The summed E-state index contributed by atoms with van der Waals surface area (Å²) in [7, 11) is 0. The smallest absolute Gasteiger partial charge is 0.441 e. The second-order valence-corrected chi connectivity index (χ2v) is 4.59. The zero-order valence-electron chi connectivity index (χ0n) is 9.28. The van der Waals surface area contributed by atoms with Gasteiger partial charge in [0, 0.05) is 12.3 Å². The molecular weight excluding hydrogens is 267 g/mol. The first-order valence-electron chi connectivity index (χ1n) is 5.12. The SMILES string of the molecule is O=C(O)C(NCCSC(F)(F)F)c1ccccc1. The fraction of sp³-hybridized carbons (Fsp3) is 0.364. The molecule has 1 atom stereocenters. The van der Waals surface area contributed by atoms with E-state index in [1.807, 2.05) is 0 Å². The third-order valence-corrected chi connectivity index (χ3v) is 2.83. The van der Waals surface area contributed by atoms with Crippen molar-refractivity contribution in [1.29, 1.82) is 0 Å². The fourth-order valence-corrected chi connectivity index (χ4v) is 1.81. The Morgan fingerprint density at radius 1 is 1.33 bits per heavy atom. The predicted octanol–water partition coefficient (Wildman–Crippen LogP) is 2.65. The molecule has 1 unspecified atom stereocenters. The van der Waals surface area contributed by atoms with Gasteiger partial charge in [-0.15, -0.1) is 0 Å². The molecule has 0 aromatic heterocycles. The summed E-state index contributed by atoms with van der Waals surface area (Å²) in [6, 6.07) is 7.34. The summed E-state index contributed by atoms with van der Waals surface area (Å²) in [5.41, 5.74) is -3.77. The van der Waals surface area contributed by atoms with Crippen molar-refractivity contribution >= 4 is 17.7 Å². The number of carbonyl (C=O) groups is 1. The van der Waals surface area contributed by atoms with Gasteiger partial charge in [0.1, 0.15) is 6.04 Å². The molecule has 0 aliphatic carbocycles. The average Bonchev–Trinajstić information content (AvgIpc) is 2.28. The second-order valence-electron chi connectivity index (χ2n) is 3.43. The Kier molecular flexibility index (Phi) is 5.49. The molecule has 3 nitrogen and oxygen atoms in total. The Balaban J connectivity index is 2.48. The Labute approximate surface area is 106 Å². The molecule has 1 aromatic carbocycles. The molecule has 0 spiro atoms. The van der Waals surface area contributed by atoms with E-state index in [1.54, 1.807) is 30.3 Å². The van der Waals surface area contributed by atoms with E-state index in [9.17, 15) is 18.0 Å². The Morgan fingerprint density at radius 2 is 1.94 bits per heavy atom. The van der Waals surface area contributed by atoms with Crippen molar-refractivity contribution < 1.29 is 23.1 Å². The van der Waals surface area contributed by atoms with Crippen LogP contribution in [0.1, 0.15) is 11.6 Å². The molecule has 0 amide bonds. The van der Waals surface area contributed by atoms with Crippen molar-refractivity contribution in [2.75, 3.05) is 12.3 Å². The van der Waals surface area contributed by atoms with Gasteiger partial charge in [-0.2, -0.15) is 13.2 Å². The van der Waals surface area contributed by atoms with E-state index in [0.29, 0.717) is 5.56 Å². The van der Waals surface area contributed by atoms with Crippen LogP contribution in [0.15, 0.2) is 30.3 Å². The van der Waals surface area contributed by atoms with Crippen LogP contribution in [0, 0.1) is 0 Å². The van der Waals surface area contributed by atoms with E-state index in [1.165, 1.54) is 0 Å². The molecule has 0 saturated carbocycles. The molecule has 0 aliphatic heterocycles. The van der Waals surface area contributed by atoms with Crippen molar-refractivity contribution in [3.8, 4) is 0 Å². The van der Waals surface area contributed by atoms with Gasteiger partial charge in [0.25, 0.3) is 0 Å². The monoisotopic (exact) mass is 279 g/mol. The van der Waals surface area contributed by atoms with Gasteiger partial charge in [0.15, 0.2) is 0 Å². The van der Waals surface area contributed by atoms with E-state index >= 15 is 0 Å². The largest absolute Gasteiger partial charge is 0.480 e. The number of halogens is 3. The highest BCUT2D eigenvalue weighted by Gasteiger charge is 2.28. The van der Waals surface area contributed by atoms with Gasteiger partial charge in [-0.1, -0.05) is 30.3 Å². The zero-order valence-corrected chi connectivity index (χ0v) is 10.1. The molecule has 0 fully saturated rings. The fourth-order valence-electron chi connectivity index (χ4n) is 1.36. The minimum atomic E-state index is -4.28. The van der Waals surface area contributed by atoms with Crippen LogP contribution < -0.4 is 5.32 Å². The summed E-state index contributed by atoms with van der Waals surface area (Å²) in [5, 5.41) is 11.6. The normalized spacial score (nSPS) is 13.3. The zero-order chi connectivity index (χ0) is 13.6. The van der Waals surface area contributed by atoms with E-state index < -0.39 is 17.5 Å². The molecule has 2 N–H and O–H groups in total. The molecule has 0 aliphatic rings. The number of nitrogens with one attached hydrogen (secondary N) is 1. The van der Waals surface area contributed by atoms with Crippen LogP contribution >= 0.6 is 11.8 Å². The summed E-state index contributed by atoms with van der Waals surface area (Å²) in [6.45, 7) is -0.0317. The lowest BCUT2D eigenvalue weighted by Gasteiger charge is -2.14. The lowest BCUT2D eigenvalue weighted by Crippen LogP contribution is -2.30. The summed E-state index contributed by atoms with van der Waals surface area (Å²) >= 11 is -0.173. The number of alkyl halides is 3. The first-order valence-corrected chi connectivity index (χ1v) is 6.10. The van der Waals surface area contributed by atoms with Gasteiger partial charge in [0.05, 0.1) is 0 Å². The van der Waals surface area contributed by atoms with Crippen LogP contribution in [-0.4, -0.2) is 28.9 Å². The Hall–Kier alpha value is -1.21. The second kappa shape index (κ2) is 6.65. The molecule has 0 saturated heterocycles. The number of benzene rings is 1. The van der Waals surface area contributed by atoms with Gasteiger partial charge in [-0.05, 0) is 17.3 Å². The first-order chi connectivity index (χ1) is 8.40. The molecular formula is C11H12F3NO2S. The molecule has 18 heavy (non-hydrogen) atoms. The lowest BCUT2D eigenvalue weighted by molar-refractivity contribution is -0.139. The van der Waals surface area contributed by atoms with Crippen molar-refractivity contribution in [1.82, 2.24) is 5.32 Å². The molecule has 7 heteroatoms. The number of carboxylic acid groups (broad SMARTS) is 1. The molecule has 1 aromatic rings. The summed E-state index contributed by atoms with van der Waals surface area (Å²) < 4.78 is 35.6. The van der Waals surface area contributed by atoms with Crippen LogP contribution in [-0.2, 0) is 4.79 Å². The highest BCUT2D eigenvalue weighted by Crippen LogP contribution is 2.29. The average molecular weight is 279 g/mol. The maximum Gasteiger partial charge on any atom is 0.441 e. The third kappa shape index (κ3) is 5.42. The molecule has 0 bridgehead atoms. The number of thioether (sulfide) groups is 1. The van der Waals surface area contributed by atoms with E-state index in [0.717, 1.165) is 0 Å². The minimum absolute atomic E-state index is 0.0317. The molecule has 0 radical (unpaired) electrons. The quantitative estimate of drug-likeness (QED) is 0.786. The van der Waals surface area contributed by atoms with Gasteiger partial charge < -0.3 is 5.11 Å². The van der Waals surface area contributed by atoms with Crippen LogP contribution in [0.5, 0.6) is 0 Å². The van der Waals surface area contributed by atoms with E-state index in [2.05, 4.69) is 5.32 Å². The lowest BCUT2D eigenvalue weighted by atomic mass is 10.1. The van der Waals surface area contributed by atoms with Crippen LogP contribution in [0.4, 0.5) is 13.2 Å². The Morgan fingerprint density at radius 3 is 2.44 bits per heavy atom. The van der Waals surface area contributed by atoms with Crippen molar-refractivity contribution in [3.63, 3.8) is 0 Å². The van der Waals surface area contributed by atoms with Gasteiger partial charge in [0.2, 0.25) is 0 Å². The standard InChI is InChI=1S/C11H12F3NO2S/c12-11(13,14)18-7-6-15-9(10(16)17)8-4-2-1-3-5-8/h1-5,9,15H,6-7H2,(H,16,17). The maximum atomic E-state index is 11.9. The molecule has 100 valence electrons. The number of rotatable bonds is 6. The highest BCUT2D eigenvalue weighted by atomic mass is 32.2. The third-order valence-electron chi connectivity index (χ3n) is 2.10. The van der Waals surface area contributed by atoms with Gasteiger partial charge in [-0.25, -0.2) is 0 Å². The maximum absolute atomic E-state index is 11.9. The van der Waals surface area contributed by atoms with Crippen molar-refractivity contribution in [3.05, 3.63) is 35.9 Å². The summed E-state index contributed by atoms with van der Waals surface area (Å²) in [6.07, 6.45) is 0. The number of carboxylic acids is 1. The highest BCUT2D eigenvalue weighted by molar-refractivity contribution is 8.00. The van der Waals surface area contributed by atoms with E-state index in [-0.39, 0.29) is 24.1 Å².